The van der Waals surface area contributed by atoms with E-state index in [2.05, 4.69) is 26.6 Å². The second-order valence-electron chi connectivity index (χ2n) is 5.45. The molecule has 7 heteroatoms. The number of benzene rings is 1. The summed E-state index contributed by atoms with van der Waals surface area (Å²) >= 11 is 3.31. The quantitative estimate of drug-likeness (QED) is 0.759. The fourth-order valence-electron chi connectivity index (χ4n) is 2.58. The molecule has 0 saturated heterocycles. The molecule has 1 saturated carbocycles. The van der Waals surface area contributed by atoms with E-state index in [-0.39, 0.29) is 30.4 Å². The molecule has 0 unspecified atom stereocenters. The second kappa shape index (κ2) is 7.58. The van der Waals surface area contributed by atoms with E-state index in [1.54, 1.807) is 6.07 Å². The highest BCUT2D eigenvalue weighted by Gasteiger charge is 2.26. The van der Waals surface area contributed by atoms with Gasteiger partial charge in [0.2, 0.25) is 0 Å². The highest BCUT2D eigenvalue weighted by Crippen LogP contribution is 2.24. The average Bonchev–Trinajstić information content (AvgIpc) is 2.49. The molecule has 2 rings (SSSR count). The molecule has 0 aromatic heterocycles. The van der Waals surface area contributed by atoms with E-state index in [1.165, 1.54) is 12.1 Å². The topological polar surface area (TPSA) is 78.4 Å². The largest absolute Gasteiger partial charge is 0.481 e. The first kappa shape index (κ1) is 16.7. The van der Waals surface area contributed by atoms with Gasteiger partial charge >= 0.3 is 12.0 Å². The number of hydrogen-bond donors (Lipinski definition) is 3. The van der Waals surface area contributed by atoms with Crippen molar-refractivity contribution in [2.45, 2.75) is 38.3 Å². The molecule has 0 aliphatic heterocycles. The number of amides is 2. The zero-order chi connectivity index (χ0) is 16.1. The lowest BCUT2D eigenvalue weighted by Gasteiger charge is -2.26. The summed E-state index contributed by atoms with van der Waals surface area (Å²) in [4.78, 5) is 22.7. The summed E-state index contributed by atoms with van der Waals surface area (Å²) in [7, 11) is 0. The molecule has 0 spiro atoms. The van der Waals surface area contributed by atoms with Crippen molar-refractivity contribution in [2.75, 3.05) is 0 Å². The number of aliphatic carboxylic acids is 1. The number of carbonyl (C=O) groups is 2. The molecular weight excluding hydrogens is 355 g/mol. The molecule has 1 aromatic rings. The third-order valence-electron chi connectivity index (χ3n) is 3.86. The predicted molar refractivity (Wildman–Crippen MR) is 82.9 cm³/mol. The van der Waals surface area contributed by atoms with Crippen LogP contribution in [0.15, 0.2) is 22.7 Å². The first-order valence-electron chi connectivity index (χ1n) is 7.17. The average molecular weight is 373 g/mol. The van der Waals surface area contributed by atoms with E-state index in [0.29, 0.717) is 31.2 Å². The Kier molecular flexibility index (Phi) is 5.76. The van der Waals surface area contributed by atoms with E-state index < -0.39 is 5.97 Å². The standard InChI is InChI=1S/C15H18BrFN2O3/c16-13-6-3-11(17)7-10(13)8-18-15(22)19-12-4-1-9(2-5-12)14(20)21/h3,6-7,9,12H,1-2,4-5,8H2,(H,20,21)(H2,18,19,22). The van der Waals surface area contributed by atoms with Gasteiger partial charge < -0.3 is 15.7 Å². The van der Waals surface area contributed by atoms with Crippen molar-refractivity contribution in [1.29, 1.82) is 0 Å². The van der Waals surface area contributed by atoms with Crippen LogP contribution in [0.3, 0.4) is 0 Å². The number of hydrogen-bond acceptors (Lipinski definition) is 2. The smallest absolute Gasteiger partial charge is 0.315 e. The fourth-order valence-corrected chi connectivity index (χ4v) is 2.96. The van der Waals surface area contributed by atoms with Crippen molar-refractivity contribution in [2.24, 2.45) is 5.92 Å². The van der Waals surface area contributed by atoms with Crippen molar-refractivity contribution >= 4 is 27.9 Å². The van der Waals surface area contributed by atoms with Gasteiger partial charge in [-0.25, -0.2) is 9.18 Å². The van der Waals surface area contributed by atoms with Crippen molar-refractivity contribution in [1.82, 2.24) is 10.6 Å². The summed E-state index contributed by atoms with van der Waals surface area (Å²) in [6, 6.07) is 3.97. The lowest BCUT2D eigenvalue weighted by atomic mass is 9.86. The van der Waals surface area contributed by atoms with Gasteiger partial charge in [-0.1, -0.05) is 15.9 Å². The summed E-state index contributed by atoms with van der Waals surface area (Å²) in [5, 5.41) is 14.4. The van der Waals surface area contributed by atoms with Crippen LogP contribution >= 0.6 is 15.9 Å². The van der Waals surface area contributed by atoms with Gasteiger partial charge in [-0.3, -0.25) is 4.79 Å². The van der Waals surface area contributed by atoms with Crippen LogP contribution in [0.4, 0.5) is 9.18 Å². The number of rotatable bonds is 4. The van der Waals surface area contributed by atoms with E-state index in [4.69, 9.17) is 5.11 Å². The maximum atomic E-state index is 13.1. The molecule has 0 bridgehead atoms. The molecule has 0 atom stereocenters. The lowest BCUT2D eigenvalue weighted by molar-refractivity contribution is -0.142. The minimum Gasteiger partial charge on any atom is -0.481 e. The fraction of sp³-hybridized carbons (Fsp3) is 0.467. The van der Waals surface area contributed by atoms with Crippen LogP contribution in [0, 0.1) is 11.7 Å². The minimum absolute atomic E-state index is 0.00782. The number of halogens is 2. The van der Waals surface area contributed by atoms with Crippen LogP contribution in [-0.4, -0.2) is 23.1 Å². The Balaban J connectivity index is 1.77. The number of carboxylic acids is 1. The van der Waals surface area contributed by atoms with Gasteiger partial charge in [0.25, 0.3) is 0 Å². The lowest BCUT2D eigenvalue weighted by Crippen LogP contribution is -2.43. The summed E-state index contributed by atoms with van der Waals surface area (Å²) in [5.74, 6) is -1.42. The number of nitrogens with one attached hydrogen (secondary N) is 2. The molecule has 1 aliphatic carbocycles. The third kappa shape index (κ3) is 4.69. The molecule has 2 amide bonds. The Morgan fingerprint density at radius 3 is 2.59 bits per heavy atom. The first-order chi connectivity index (χ1) is 10.5. The van der Waals surface area contributed by atoms with Gasteiger partial charge in [0.1, 0.15) is 5.82 Å². The van der Waals surface area contributed by atoms with E-state index in [0.717, 1.165) is 4.47 Å². The van der Waals surface area contributed by atoms with Gasteiger partial charge in [0.05, 0.1) is 5.92 Å². The summed E-state index contributed by atoms with van der Waals surface area (Å²) in [5.41, 5.74) is 0.657. The summed E-state index contributed by atoms with van der Waals surface area (Å²) in [6.45, 7) is 0.217. The highest BCUT2D eigenvalue weighted by molar-refractivity contribution is 9.10. The zero-order valence-corrected chi connectivity index (χ0v) is 13.5. The SMILES string of the molecule is O=C(NCc1cc(F)ccc1Br)NC1CCC(C(=O)O)CC1. The molecule has 120 valence electrons. The minimum atomic E-state index is -0.765. The van der Waals surface area contributed by atoms with Crippen LogP contribution in [-0.2, 0) is 11.3 Å². The van der Waals surface area contributed by atoms with Crippen LogP contribution in [0.2, 0.25) is 0 Å². The zero-order valence-electron chi connectivity index (χ0n) is 11.9. The number of urea groups is 1. The Morgan fingerprint density at radius 2 is 1.95 bits per heavy atom. The molecule has 1 fully saturated rings. The summed E-state index contributed by atoms with van der Waals surface area (Å²) in [6.07, 6.45) is 2.48. The Bertz CT molecular complexity index is 560. The monoisotopic (exact) mass is 372 g/mol. The molecule has 0 radical (unpaired) electrons. The molecule has 5 nitrogen and oxygen atoms in total. The normalized spacial score (nSPS) is 21.2. The Morgan fingerprint density at radius 1 is 1.27 bits per heavy atom. The van der Waals surface area contributed by atoms with Crippen molar-refractivity contribution < 1.29 is 19.1 Å². The Labute approximate surface area is 136 Å². The molecule has 0 heterocycles. The number of carbonyl (C=O) groups excluding carboxylic acids is 1. The van der Waals surface area contributed by atoms with Crippen molar-refractivity contribution in [3.8, 4) is 0 Å². The highest BCUT2D eigenvalue weighted by atomic mass is 79.9. The van der Waals surface area contributed by atoms with Gasteiger partial charge in [-0.15, -0.1) is 0 Å². The molecular formula is C15H18BrFN2O3. The molecule has 1 aliphatic rings. The van der Waals surface area contributed by atoms with Crippen LogP contribution in [0.25, 0.3) is 0 Å². The van der Waals surface area contributed by atoms with Gasteiger partial charge in [-0.2, -0.15) is 0 Å². The first-order valence-corrected chi connectivity index (χ1v) is 7.96. The van der Waals surface area contributed by atoms with E-state index >= 15 is 0 Å². The maximum Gasteiger partial charge on any atom is 0.315 e. The second-order valence-corrected chi connectivity index (χ2v) is 6.30. The molecule has 22 heavy (non-hydrogen) atoms. The molecule has 3 N–H and O–H groups in total. The van der Waals surface area contributed by atoms with Crippen LogP contribution < -0.4 is 10.6 Å². The van der Waals surface area contributed by atoms with Crippen LogP contribution in [0.1, 0.15) is 31.2 Å². The van der Waals surface area contributed by atoms with E-state index in [1.807, 2.05) is 0 Å². The molecule has 1 aromatic carbocycles. The van der Waals surface area contributed by atoms with E-state index in [9.17, 15) is 14.0 Å². The number of carboxylic acid groups (broad SMARTS) is 1. The van der Waals surface area contributed by atoms with Gasteiger partial charge in [0.15, 0.2) is 0 Å². The van der Waals surface area contributed by atoms with Crippen molar-refractivity contribution in [3.63, 3.8) is 0 Å². The van der Waals surface area contributed by atoms with Crippen LogP contribution in [0.5, 0.6) is 0 Å². The van der Waals surface area contributed by atoms with Gasteiger partial charge in [-0.05, 0) is 49.4 Å². The predicted octanol–water partition coefficient (Wildman–Crippen LogP) is 3.03. The van der Waals surface area contributed by atoms with Crippen molar-refractivity contribution in [3.05, 3.63) is 34.1 Å². The summed E-state index contributed by atoms with van der Waals surface area (Å²) < 4.78 is 13.9. The Hall–Kier alpha value is -1.63. The van der Waals surface area contributed by atoms with Gasteiger partial charge in [0, 0.05) is 17.1 Å². The maximum absolute atomic E-state index is 13.1. The third-order valence-corrected chi connectivity index (χ3v) is 4.63.